The third-order valence-electron chi connectivity index (χ3n) is 4.67. The molecule has 1 saturated heterocycles. The van der Waals surface area contributed by atoms with Gasteiger partial charge in [-0.05, 0) is 44.9 Å². The summed E-state index contributed by atoms with van der Waals surface area (Å²) < 4.78 is 4.55. The minimum Gasteiger partial charge on any atom is -0.462 e. The summed E-state index contributed by atoms with van der Waals surface area (Å²) >= 11 is 0. The first-order chi connectivity index (χ1) is 13.8. The van der Waals surface area contributed by atoms with Crippen molar-refractivity contribution in [3.05, 3.63) is 53.3 Å². The lowest BCUT2D eigenvalue weighted by Crippen LogP contribution is -2.43. The minimum atomic E-state index is -0.318. The van der Waals surface area contributed by atoms with E-state index in [1.807, 2.05) is 26.8 Å². The molecule has 0 spiro atoms. The van der Waals surface area contributed by atoms with Crippen LogP contribution >= 0.6 is 0 Å². The van der Waals surface area contributed by atoms with E-state index in [0.29, 0.717) is 13.0 Å². The number of nitrogens with one attached hydrogen (secondary N) is 1. The van der Waals surface area contributed by atoms with Gasteiger partial charge in [0.1, 0.15) is 5.60 Å². The van der Waals surface area contributed by atoms with Crippen LogP contribution < -0.4 is 11.1 Å². The van der Waals surface area contributed by atoms with Gasteiger partial charge in [0.05, 0.1) is 5.69 Å². The molecule has 3 rings (SSSR count). The van der Waals surface area contributed by atoms with E-state index in [4.69, 9.17) is 10.7 Å². The smallest absolute Gasteiger partial charge is 0.293 e. The Labute approximate surface area is 174 Å². The van der Waals surface area contributed by atoms with Crippen molar-refractivity contribution in [2.75, 3.05) is 26.2 Å². The van der Waals surface area contributed by atoms with Crippen molar-refractivity contribution in [3.63, 3.8) is 0 Å². The molecule has 0 bridgehead atoms. The molecule has 0 amide bonds. The summed E-state index contributed by atoms with van der Waals surface area (Å²) in [6.45, 7) is 13.8. The molecule has 1 aliphatic heterocycles. The third-order valence-corrected chi connectivity index (χ3v) is 4.67. The maximum atomic E-state index is 9.60. The number of carbonyl (C=O) groups excluding carboxylic acids is 1. The van der Waals surface area contributed by atoms with E-state index in [2.05, 4.69) is 52.2 Å². The van der Waals surface area contributed by atoms with E-state index in [1.165, 1.54) is 16.7 Å². The normalized spacial score (nSPS) is 14.7. The highest BCUT2D eigenvalue weighted by Gasteiger charge is 2.12. The van der Waals surface area contributed by atoms with Gasteiger partial charge >= 0.3 is 0 Å². The van der Waals surface area contributed by atoms with Crippen LogP contribution in [0.3, 0.4) is 0 Å². The Morgan fingerprint density at radius 3 is 2.38 bits per heavy atom. The van der Waals surface area contributed by atoms with Crippen molar-refractivity contribution in [1.29, 1.82) is 0 Å². The predicted octanol–water partition coefficient (Wildman–Crippen LogP) is 2.88. The van der Waals surface area contributed by atoms with Gasteiger partial charge in [-0.2, -0.15) is 0 Å². The topological polar surface area (TPSA) is 80.5 Å². The molecule has 2 aromatic rings. The van der Waals surface area contributed by atoms with E-state index in [-0.39, 0.29) is 5.60 Å². The number of hydrogen-bond acceptors (Lipinski definition) is 6. The molecule has 0 unspecified atom stereocenters. The fraction of sp³-hybridized carbons (Fsp3) is 0.478. The van der Waals surface area contributed by atoms with Gasteiger partial charge in [0.25, 0.3) is 6.47 Å². The van der Waals surface area contributed by atoms with Crippen LogP contribution in [0, 0.1) is 6.92 Å². The zero-order valence-corrected chi connectivity index (χ0v) is 18.1. The van der Waals surface area contributed by atoms with Crippen molar-refractivity contribution >= 4 is 6.47 Å². The maximum absolute atomic E-state index is 9.60. The summed E-state index contributed by atoms with van der Waals surface area (Å²) in [5.41, 5.74) is 11.3. The number of nitrogens with zero attached hydrogens (tertiary/aromatic N) is 2. The highest BCUT2D eigenvalue weighted by atomic mass is 16.5. The number of aromatic nitrogens is 1. The number of piperazine rings is 1. The second-order valence-corrected chi connectivity index (χ2v) is 8.15. The first-order valence-corrected chi connectivity index (χ1v) is 10.1. The lowest BCUT2D eigenvalue weighted by Gasteiger charge is -2.27. The Morgan fingerprint density at radius 1 is 1.14 bits per heavy atom. The van der Waals surface area contributed by atoms with Gasteiger partial charge in [0, 0.05) is 50.5 Å². The summed E-state index contributed by atoms with van der Waals surface area (Å²) in [5.74, 6) is 0. The lowest BCUT2D eigenvalue weighted by atomic mass is 9.98. The predicted molar refractivity (Wildman–Crippen MR) is 117 cm³/mol. The van der Waals surface area contributed by atoms with Crippen molar-refractivity contribution in [3.8, 4) is 11.1 Å². The number of benzene rings is 1. The monoisotopic (exact) mass is 398 g/mol. The van der Waals surface area contributed by atoms with Crippen molar-refractivity contribution in [1.82, 2.24) is 15.2 Å². The summed E-state index contributed by atoms with van der Waals surface area (Å²) in [6, 6.07) is 12.6. The first kappa shape index (κ1) is 23.0. The number of rotatable bonds is 5. The van der Waals surface area contributed by atoms with Crippen LogP contribution in [0.5, 0.6) is 0 Å². The summed E-state index contributed by atoms with van der Waals surface area (Å²) in [6.07, 6.45) is 0. The highest BCUT2D eigenvalue weighted by molar-refractivity contribution is 5.69. The van der Waals surface area contributed by atoms with Crippen LogP contribution in [0.2, 0.25) is 0 Å². The number of pyridine rings is 1. The van der Waals surface area contributed by atoms with Gasteiger partial charge in [-0.25, -0.2) is 0 Å². The Hall–Kier alpha value is -2.28. The Balaban J connectivity index is 0.000000370. The van der Waals surface area contributed by atoms with Gasteiger partial charge in [-0.3, -0.25) is 14.7 Å². The van der Waals surface area contributed by atoms with E-state index in [1.54, 1.807) is 0 Å². The number of nitrogens with two attached hydrogens (primary N) is 1. The molecule has 0 aliphatic carbocycles. The average molecular weight is 399 g/mol. The van der Waals surface area contributed by atoms with E-state index in [0.717, 1.165) is 44.1 Å². The Morgan fingerprint density at radius 2 is 1.83 bits per heavy atom. The van der Waals surface area contributed by atoms with Crippen LogP contribution in [0.4, 0.5) is 0 Å². The molecule has 2 heterocycles. The molecule has 158 valence electrons. The van der Waals surface area contributed by atoms with Crippen LogP contribution in [-0.2, 0) is 22.6 Å². The van der Waals surface area contributed by atoms with Crippen LogP contribution in [0.15, 0.2) is 36.4 Å². The first-order valence-electron chi connectivity index (χ1n) is 10.1. The highest BCUT2D eigenvalue weighted by Crippen LogP contribution is 2.26. The van der Waals surface area contributed by atoms with E-state index >= 15 is 0 Å². The second-order valence-electron chi connectivity index (χ2n) is 8.15. The molecule has 1 aliphatic rings. The van der Waals surface area contributed by atoms with Crippen molar-refractivity contribution < 1.29 is 9.53 Å². The summed E-state index contributed by atoms with van der Waals surface area (Å²) in [5, 5.41) is 3.38. The van der Waals surface area contributed by atoms with Gasteiger partial charge < -0.3 is 15.8 Å². The quantitative estimate of drug-likeness (QED) is 0.754. The molecular formula is C23H34N4O2. The molecule has 1 aromatic heterocycles. The maximum Gasteiger partial charge on any atom is 0.293 e. The fourth-order valence-electron chi connectivity index (χ4n) is 3.19. The third kappa shape index (κ3) is 7.57. The minimum absolute atomic E-state index is 0.318. The number of aryl methyl sites for hydroxylation is 1. The SMILES string of the molecule is CC(C)(C)OC=O.Cc1nc(CN2CCNCC2)ccc1-c1ccccc1CN. The molecule has 1 fully saturated rings. The molecule has 6 heteroatoms. The summed E-state index contributed by atoms with van der Waals surface area (Å²) in [4.78, 5) is 16.9. The van der Waals surface area contributed by atoms with Crippen molar-refractivity contribution in [2.24, 2.45) is 5.73 Å². The fourth-order valence-corrected chi connectivity index (χ4v) is 3.19. The van der Waals surface area contributed by atoms with Gasteiger partial charge in [0.15, 0.2) is 0 Å². The number of hydrogen-bond donors (Lipinski definition) is 2. The average Bonchev–Trinajstić information content (AvgIpc) is 2.68. The van der Waals surface area contributed by atoms with E-state index in [9.17, 15) is 4.79 Å². The molecule has 0 atom stereocenters. The largest absolute Gasteiger partial charge is 0.462 e. The molecule has 0 radical (unpaired) electrons. The molecule has 6 nitrogen and oxygen atoms in total. The lowest BCUT2D eigenvalue weighted by molar-refractivity contribution is -0.138. The van der Waals surface area contributed by atoms with Gasteiger partial charge in [-0.15, -0.1) is 0 Å². The summed E-state index contributed by atoms with van der Waals surface area (Å²) in [7, 11) is 0. The molecular weight excluding hydrogens is 364 g/mol. The zero-order valence-electron chi connectivity index (χ0n) is 18.1. The van der Waals surface area contributed by atoms with Gasteiger partial charge in [0.2, 0.25) is 0 Å². The number of ether oxygens (including phenoxy) is 1. The zero-order chi connectivity index (χ0) is 21.3. The standard InChI is InChI=1S/C18H24N4.C5H10O2/c1-14-17(18-5-3-2-4-15(18)12-19)7-6-16(21-14)13-22-10-8-20-9-11-22;1-5(2,3)7-4-6/h2-7,20H,8-13,19H2,1H3;4H,1-3H3. The number of carbonyl (C=O) groups is 1. The molecule has 1 aromatic carbocycles. The Bertz CT molecular complexity index is 781. The second kappa shape index (κ2) is 11.0. The van der Waals surface area contributed by atoms with Gasteiger partial charge in [-0.1, -0.05) is 30.3 Å². The van der Waals surface area contributed by atoms with Crippen LogP contribution in [0.1, 0.15) is 37.7 Å². The molecule has 0 saturated carbocycles. The van der Waals surface area contributed by atoms with Crippen LogP contribution in [0.25, 0.3) is 11.1 Å². The van der Waals surface area contributed by atoms with Crippen molar-refractivity contribution in [2.45, 2.75) is 46.4 Å². The molecule has 3 N–H and O–H groups in total. The molecule has 29 heavy (non-hydrogen) atoms. The van der Waals surface area contributed by atoms with Crippen LogP contribution in [-0.4, -0.2) is 48.1 Å². The van der Waals surface area contributed by atoms with E-state index < -0.39 is 0 Å². The Kier molecular flexibility index (Phi) is 8.76.